The van der Waals surface area contributed by atoms with Gasteiger partial charge in [-0.2, -0.15) is 0 Å². The van der Waals surface area contributed by atoms with Gasteiger partial charge in [0, 0.05) is 31.5 Å². The highest BCUT2D eigenvalue weighted by Gasteiger charge is 2.16. The van der Waals surface area contributed by atoms with Crippen molar-refractivity contribution in [3.05, 3.63) is 68.6 Å². The number of amides is 1. The minimum Gasteiger partial charge on any atom is -0.364 e. The van der Waals surface area contributed by atoms with Gasteiger partial charge in [-0.15, -0.1) is 0 Å². The highest BCUT2D eigenvalue weighted by Crippen LogP contribution is 2.13. The van der Waals surface area contributed by atoms with Gasteiger partial charge in [0.15, 0.2) is 5.43 Å². The summed E-state index contributed by atoms with van der Waals surface area (Å²) < 4.78 is 0. The highest BCUT2D eigenvalue weighted by atomic mass is 16.2. The third kappa shape index (κ3) is 3.40. The Morgan fingerprint density at radius 2 is 1.90 bits per heavy atom. The summed E-state index contributed by atoms with van der Waals surface area (Å²) in [6.45, 7) is 6.34. The Morgan fingerprint density at radius 3 is 2.52 bits per heavy atom. The Kier molecular flexibility index (Phi) is 4.26. The molecule has 1 N–H and O–H groups in total. The molecule has 0 aliphatic rings. The Balaban J connectivity index is 2.21. The molecule has 0 unspecified atom stereocenters. The van der Waals surface area contributed by atoms with Crippen LogP contribution in [0.3, 0.4) is 0 Å². The third-order valence-corrected chi connectivity index (χ3v) is 3.54. The molecule has 1 amide bonds. The lowest BCUT2D eigenvalue weighted by atomic mass is 10.1. The number of aryl methyl sites for hydroxylation is 3. The highest BCUT2D eigenvalue weighted by molar-refractivity contribution is 5.93. The van der Waals surface area contributed by atoms with Crippen molar-refractivity contribution in [3.63, 3.8) is 0 Å². The van der Waals surface area contributed by atoms with E-state index in [1.165, 1.54) is 17.8 Å². The quantitative estimate of drug-likeness (QED) is 0.941. The summed E-state index contributed by atoms with van der Waals surface area (Å²) in [5.41, 5.74) is 4.10. The van der Waals surface area contributed by atoms with Crippen molar-refractivity contribution >= 4 is 5.91 Å². The largest absolute Gasteiger partial charge is 0.364 e. The van der Waals surface area contributed by atoms with Gasteiger partial charge in [-0.1, -0.05) is 23.8 Å². The van der Waals surface area contributed by atoms with Crippen LogP contribution >= 0.6 is 0 Å². The molecule has 0 spiro atoms. The first-order chi connectivity index (χ1) is 9.88. The molecule has 2 rings (SSSR count). The van der Waals surface area contributed by atoms with Crippen molar-refractivity contribution in [1.82, 2.24) is 9.88 Å². The number of carbonyl (C=O) groups is 1. The molecule has 0 fully saturated rings. The van der Waals surface area contributed by atoms with E-state index in [1.54, 1.807) is 18.9 Å². The molecule has 1 aromatic carbocycles. The predicted molar refractivity (Wildman–Crippen MR) is 83.5 cm³/mol. The number of rotatable bonds is 3. The standard InChI is InChI=1S/C17H20N2O2/c1-11-5-6-14(12(2)7-11)10-19(4)17(21)15-9-18-13(3)8-16(15)20/h5-9H,10H2,1-4H3,(H,18,20). The zero-order chi connectivity index (χ0) is 15.6. The third-order valence-electron chi connectivity index (χ3n) is 3.54. The molecule has 0 aliphatic carbocycles. The number of carbonyl (C=O) groups excluding carboxylic acids is 1. The Morgan fingerprint density at radius 1 is 1.19 bits per heavy atom. The van der Waals surface area contributed by atoms with Crippen molar-refractivity contribution in [2.45, 2.75) is 27.3 Å². The molecule has 4 heteroatoms. The van der Waals surface area contributed by atoms with E-state index in [1.807, 2.05) is 26.0 Å². The number of benzene rings is 1. The Bertz CT molecular complexity index is 732. The number of nitrogens with zero attached hydrogens (tertiary/aromatic N) is 1. The molecule has 0 bridgehead atoms. The van der Waals surface area contributed by atoms with E-state index in [0.29, 0.717) is 6.54 Å². The normalized spacial score (nSPS) is 10.5. The average molecular weight is 284 g/mol. The monoisotopic (exact) mass is 284 g/mol. The number of aromatic amines is 1. The number of hydrogen-bond donors (Lipinski definition) is 1. The van der Waals surface area contributed by atoms with E-state index in [-0.39, 0.29) is 16.9 Å². The SMILES string of the molecule is Cc1ccc(CN(C)C(=O)c2c[nH]c(C)cc2=O)c(C)c1. The molecule has 0 aliphatic heterocycles. The van der Waals surface area contributed by atoms with Gasteiger partial charge in [-0.25, -0.2) is 0 Å². The smallest absolute Gasteiger partial charge is 0.259 e. The molecule has 0 atom stereocenters. The number of hydrogen-bond acceptors (Lipinski definition) is 2. The van der Waals surface area contributed by atoms with E-state index in [0.717, 1.165) is 16.8 Å². The van der Waals surface area contributed by atoms with Crippen LogP contribution in [0.1, 0.15) is 32.7 Å². The molecule has 2 aromatic rings. The summed E-state index contributed by atoms with van der Waals surface area (Å²) in [4.78, 5) is 28.7. The van der Waals surface area contributed by atoms with E-state index in [4.69, 9.17) is 0 Å². The van der Waals surface area contributed by atoms with Crippen LogP contribution < -0.4 is 5.43 Å². The van der Waals surface area contributed by atoms with Gasteiger partial charge in [0.25, 0.3) is 5.91 Å². The molecular weight excluding hydrogens is 264 g/mol. The van der Waals surface area contributed by atoms with Gasteiger partial charge in [0.2, 0.25) is 0 Å². The summed E-state index contributed by atoms with van der Waals surface area (Å²) in [7, 11) is 1.71. The van der Waals surface area contributed by atoms with Gasteiger partial charge in [0.05, 0.1) is 0 Å². The van der Waals surface area contributed by atoms with E-state index >= 15 is 0 Å². The second-order valence-corrected chi connectivity index (χ2v) is 5.49. The van der Waals surface area contributed by atoms with Gasteiger partial charge in [0.1, 0.15) is 5.56 Å². The summed E-state index contributed by atoms with van der Waals surface area (Å²) in [5, 5.41) is 0. The van der Waals surface area contributed by atoms with Crippen molar-refractivity contribution in [2.75, 3.05) is 7.05 Å². The number of nitrogens with one attached hydrogen (secondary N) is 1. The maximum atomic E-state index is 12.4. The number of aromatic nitrogens is 1. The molecular formula is C17H20N2O2. The molecule has 21 heavy (non-hydrogen) atoms. The molecule has 110 valence electrons. The predicted octanol–water partition coefficient (Wildman–Crippen LogP) is 2.57. The van der Waals surface area contributed by atoms with Crippen LogP contribution in [0.4, 0.5) is 0 Å². The lowest BCUT2D eigenvalue weighted by Crippen LogP contribution is -2.30. The summed E-state index contributed by atoms with van der Waals surface area (Å²) in [6.07, 6.45) is 1.48. The maximum absolute atomic E-state index is 12.4. The van der Waals surface area contributed by atoms with Crippen molar-refractivity contribution in [2.24, 2.45) is 0 Å². The average Bonchev–Trinajstić information content (AvgIpc) is 2.41. The lowest BCUT2D eigenvalue weighted by Gasteiger charge is -2.18. The van der Waals surface area contributed by atoms with Gasteiger partial charge in [-0.05, 0) is 31.9 Å². The number of pyridine rings is 1. The van der Waals surface area contributed by atoms with Gasteiger partial charge in [-0.3, -0.25) is 9.59 Å². The Hall–Kier alpha value is -2.36. The fourth-order valence-corrected chi connectivity index (χ4v) is 2.30. The first-order valence-electron chi connectivity index (χ1n) is 6.89. The zero-order valence-electron chi connectivity index (χ0n) is 12.9. The second kappa shape index (κ2) is 5.95. The lowest BCUT2D eigenvalue weighted by molar-refractivity contribution is 0.0783. The summed E-state index contributed by atoms with van der Waals surface area (Å²) in [5.74, 6) is -0.267. The van der Waals surface area contributed by atoms with Gasteiger partial charge >= 0.3 is 0 Å². The van der Waals surface area contributed by atoms with Gasteiger partial charge < -0.3 is 9.88 Å². The van der Waals surface area contributed by atoms with Crippen LogP contribution in [0.5, 0.6) is 0 Å². The minimum atomic E-state index is -0.267. The first-order valence-corrected chi connectivity index (χ1v) is 6.89. The minimum absolute atomic E-state index is 0.174. The molecule has 0 saturated heterocycles. The fraction of sp³-hybridized carbons (Fsp3) is 0.294. The molecule has 4 nitrogen and oxygen atoms in total. The zero-order valence-corrected chi connectivity index (χ0v) is 12.9. The van der Waals surface area contributed by atoms with Crippen LogP contribution in [-0.4, -0.2) is 22.8 Å². The van der Waals surface area contributed by atoms with E-state index in [2.05, 4.69) is 11.1 Å². The van der Waals surface area contributed by atoms with Crippen LogP contribution in [0.2, 0.25) is 0 Å². The number of H-pyrrole nitrogens is 1. The van der Waals surface area contributed by atoms with Crippen molar-refractivity contribution in [3.8, 4) is 0 Å². The first kappa shape index (κ1) is 15.0. The second-order valence-electron chi connectivity index (χ2n) is 5.49. The maximum Gasteiger partial charge on any atom is 0.259 e. The van der Waals surface area contributed by atoms with Crippen LogP contribution in [-0.2, 0) is 6.54 Å². The van der Waals surface area contributed by atoms with E-state index < -0.39 is 0 Å². The van der Waals surface area contributed by atoms with Crippen LogP contribution in [0.25, 0.3) is 0 Å². The molecule has 1 aromatic heterocycles. The summed E-state index contributed by atoms with van der Waals surface area (Å²) in [6, 6.07) is 7.58. The Labute approximate surface area is 124 Å². The summed E-state index contributed by atoms with van der Waals surface area (Å²) >= 11 is 0. The molecule has 1 heterocycles. The van der Waals surface area contributed by atoms with Crippen molar-refractivity contribution in [1.29, 1.82) is 0 Å². The molecule has 0 radical (unpaired) electrons. The van der Waals surface area contributed by atoms with Crippen molar-refractivity contribution < 1.29 is 4.79 Å². The molecule has 0 saturated carbocycles. The topological polar surface area (TPSA) is 53.2 Å². The van der Waals surface area contributed by atoms with Crippen LogP contribution in [0, 0.1) is 20.8 Å². The fourth-order valence-electron chi connectivity index (χ4n) is 2.30. The van der Waals surface area contributed by atoms with E-state index in [9.17, 15) is 9.59 Å². The van der Waals surface area contributed by atoms with Crippen LogP contribution in [0.15, 0.2) is 35.3 Å².